The van der Waals surface area contributed by atoms with Crippen LogP contribution in [0.1, 0.15) is 16.8 Å². The van der Waals surface area contributed by atoms with Crippen molar-refractivity contribution in [2.24, 2.45) is 0 Å². The number of hydrogen-bond donors (Lipinski definition) is 1. The highest BCUT2D eigenvalue weighted by molar-refractivity contribution is 5.40. The van der Waals surface area contributed by atoms with Crippen molar-refractivity contribution in [3.8, 4) is 5.88 Å². The molecule has 1 aromatic heterocycles. The average molecular weight is 242 g/mol. The fraction of sp³-hybridized carbons (Fsp3) is 0.286. The third-order valence-electron chi connectivity index (χ3n) is 3.38. The smallest absolute Gasteiger partial charge is 0.238 e. The molecule has 0 atom stereocenters. The molecule has 3 rings (SSSR count). The first-order chi connectivity index (χ1) is 8.73. The minimum atomic E-state index is -1.01. The number of hydrogen-bond acceptors (Lipinski definition) is 4. The molecule has 4 nitrogen and oxygen atoms in total. The maximum Gasteiger partial charge on any atom is 0.238 e. The van der Waals surface area contributed by atoms with Gasteiger partial charge in [-0.05, 0) is 11.1 Å². The molecule has 0 aliphatic heterocycles. The maximum atomic E-state index is 10.8. The van der Waals surface area contributed by atoms with E-state index in [4.69, 9.17) is 4.74 Å². The fourth-order valence-corrected chi connectivity index (χ4v) is 2.56. The Morgan fingerprint density at radius 1 is 1.11 bits per heavy atom. The lowest BCUT2D eigenvalue weighted by Crippen LogP contribution is -2.28. The Hall–Kier alpha value is -1.94. The Labute approximate surface area is 105 Å². The molecule has 0 radical (unpaired) electrons. The third kappa shape index (κ3) is 1.66. The van der Waals surface area contributed by atoms with E-state index in [2.05, 4.69) is 9.97 Å². The van der Waals surface area contributed by atoms with Crippen molar-refractivity contribution in [2.75, 3.05) is 7.11 Å². The van der Waals surface area contributed by atoms with E-state index in [0.717, 1.165) is 11.1 Å². The zero-order chi connectivity index (χ0) is 12.6. The number of aliphatic hydroxyl groups is 1. The van der Waals surface area contributed by atoms with Crippen LogP contribution in [0.25, 0.3) is 0 Å². The molecule has 1 aromatic carbocycles. The van der Waals surface area contributed by atoms with Gasteiger partial charge in [-0.25, -0.2) is 4.98 Å². The Kier molecular flexibility index (Phi) is 2.52. The predicted octanol–water partition coefficient (Wildman–Crippen LogP) is 1.47. The van der Waals surface area contributed by atoms with E-state index in [1.807, 2.05) is 24.3 Å². The molecular formula is C14H14N2O2. The molecule has 2 aromatic rings. The lowest BCUT2D eigenvalue weighted by molar-refractivity contribution is 0.0402. The molecule has 1 aliphatic carbocycles. The Bertz CT molecular complexity index is 559. The minimum Gasteiger partial charge on any atom is -0.480 e. The fourth-order valence-electron chi connectivity index (χ4n) is 2.56. The summed E-state index contributed by atoms with van der Waals surface area (Å²) in [5.74, 6) is 0.396. The van der Waals surface area contributed by atoms with E-state index in [0.29, 0.717) is 24.4 Å². The van der Waals surface area contributed by atoms with Crippen molar-refractivity contribution in [3.63, 3.8) is 0 Å². The third-order valence-corrected chi connectivity index (χ3v) is 3.38. The number of rotatable bonds is 2. The van der Waals surface area contributed by atoms with Crippen molar-refractivity contribution in [1.82, 2.24) is 9.97 Å². The summed E-state index contributed by atoms with van der Waals surface area (Å²) in [6.07, 6.45) is 4.25. The highest BCUT2D eigenvalue weighted by Gasteiger charge is 2.40. The minimum absolute atomic E-state index is 0.396. The molecule has 1 aliphatic rings. The second kappa shape index (κ2) is 4.07. The molecule has 4 heteroatoms. The highest BCUT2D eigenvalue weighted by atomic mass is 16.5. The summed E-state index contributed by atoms with van der Waals surface area (Å²) >= 11 is 0. The van der Waals surface area contributed by atoms with E-state index in [9.17, 15) is 5.11 Å². The van der Waals surface area contributed by atoms with Gasteiger partial charge < -0.3 is 9.84 Å². The van der Waals surface area contributed by atoms with Crippen LogP contribution >= 0.6 is 0 Å². The normalized spacial score (nSPS) is 16.3. The van der Waals surface area contributed by atoms with Crippen LogP contribution in [0.15, 0.2) is 36.7 Å². The van der Waals surface area contributed by atoms with Crippen LogP contribution in [0.4, 0.5) is 0 Å². The predicted molar refractivity (Wildman–Crippen MR) is 66.3 cm³/mol. The molecule has 0 unspecified atom stereocenters. The maximum absolute atomic E-state index is 10.8. The van der Waals surface area contributed by atoms with E-state index >= 15 is 0 Å². The Morgan fingerprint density at radius 3 is 2.33 bits per heavy atom. The molecule has 92 valence electrons. The van der Waals surface area contributed by atoms with Crippen LogP contribution in [-0.2, 0) is 18.4 Å². The van der Waals surface area contributed by atoms with Crippen LogP contribution in [0.2, 0.25) is 0 Å². The molecule has 0 bridgehead atoms. The second-order valence-corrected chi connectivity index (χ2v) is 4.57. The van der Waals surface area contributed by atoms with Crippen molar-refractivity contribution in [1.29, 1.82) is 0 Å². The number of methoxy groups -OCH3 is 1. The van der Waals surface area contributed by atoms with Gasteiger partial charge in [0.25, 0.3) is 0 Å². The van der Waals surface area contributed by atoms with Gasteiger partial charge in [-0.2, -0.15) is 0 Å². The molecule has 0 saturated heterocycles. The largest absolute Gasteiger partial charge is 0.480 e. The number of aromatic nitrogens is 2. The van der Waals surface area contributed by atoms with Crippen molar-refractivity contribution in [2.45, 2.75) is 18.4 Å². The summed E-state index contributed by atoms with van der Waals surface area (Å²) in [4.78, 5) is 8.35. The first-order valence-electron chi connectivity index (χ1n) is 5.87. The Balaban J connectivity index is 2.04. The monoisotopic (exact) mass is 242 g/mol. The lowest BCUT2D eigenvalue weighted by atomic mass is 9.96. The van der Waals surface area contributed by atoms with E-state index < -0.39 is 5.60 Å². The summed E-state index contributed by atoms with van der Waals surface area (Å²) < 4.78 is 5.19. The standard InChI is InChI=1S/C14H14N2O2/c1-18-13-12(15-6-7-16-13)14(17)8-10-4-2-3-5-11(10)9-14/h2-7,17H,8-9H2,1H3. The summed E-state index contributed by atoms with van der Waals surface area (Å²) in [6.45, 7) is 0. The van der Waals surface area contributed by atoms with Gasteiger partial charge in [0.2, 0.25) is 5.88 Å². The molecule has 0 saturated carbocycles. The summed E-state index contributed by atoms with van der Waals surface area (Å²) in [6, 6.07) is 8.04. The van der Waals surface area contributed by atoms with Crippen LogP contribution in [0.5, 0.6) is 5.88 Å². The molecular weight excluding hydrogens is 228 g/mol. The van der Waals surface area contributed by atoms with Gasteiger partial charge in [-0.1, -0.05) is 24.3 Å². The molecule has 0 fully saturated rings. The Morgan fingerprint density at radius 2 is 1.72 bits per heavy atom. The van der Waals surface area contributed by atoms with Crippen LogP contribution in [0.3, 0.4) is 0 Å². The zero-order valence-corrected chi connectivity index (χ0v) is 10.1. The van der Waals surface area contributed by atoms with Crippen molar-refractivity contribution < 1.29 is 9.84 Å². The molecule has 1 heterocycles. The lowest BCUT2D eigenvalue weighted by Gasteiger charge is -2.22. The number of fused-ring (bicyclic) bond motifs is 1. The first kappa shape index (κ1) is 11.2. The van der Waals surface area contributed by atoms with Crippen molar-refractivity contribution in [3.05, 3.63) is 53.5 Å². The van der Waals surface area contributed by atoms with Gasteiger partial charge in [0.05, 0.1) is 7.11 Å². The van der Waals surface area contributed by atoms with Crippen LogP contribution in [-0.4, -0.2) is 22.2 Å². The molecule has 0 spiro atoms. The average Bonchev–Trinajstić information content (AvgIpc) is 2.76. The van der Waals surface area contributed by atoms with Gasteiger partial charge in [-0.15, -0.1) is 0 Å². The summed E-state index contributed by atoms with van der Waals surface area (Å²) in [7, 11) is 1.54. The topological polar surface area (TPSA) is 55.2 Å². The molecule has 18 heavy (non-hydrogen) atoms. The molecule has 0 amide bonds. The highest BCUT2D eigenvalue weighted by Crippen LogP contribution is 2.39. The summed E-state index contributed by atoms with van der Waals surface area (Å²) in [5, 5.41) is 10.8. The zero-order valence-electron chi connectivity index (χ0n) is 10.1. The molecule has 1 N–H and O–H groups in total. The van der Waals surface area contributed by atoms with Crippen LogP contribution < -0.4 is 4.74 Å². The quantitative estimate of drug-likeness (QED) is 0.866. The van der Waals surface area contributed by atoms with Crippen molar-refractivity contribution >= 4 is 0 Å². The van der Waals surface area contributed by atoms with Gasteiger partial charge in [0.1, 0.15) is 11.3 Å². The van der Waals surface area contributed by atoms with E-state index in [-0.39, 0.29) is 0 Å². The SMILES string of the molecule is COc1nccnc1C1(O)Cc2ccccc2C1. The summed E-state index contributed by atoms with van der Waals surface area (Å²) in [5.41, 5.74) is 1.83. The van der Waals surface area contributed by atoms with E-state index in [1.165, 1.54) is 0 Å². The number of benzene rings is 1. The van der Waals surface area contributed by atoms with Crippen LogP contribution in [0, 0.1) is 0 Å². The van der Waals surface area contributed by atoms with Gasteiger partial charge in [0.15, 0.2) is 0 Å². The first-order valence-corrected chi connectivity index (χ1v) is 5.87. The number of nitrogens with zero attached hydrogens (tertiary/aromatic N) is 2. The van der Waals surface area contributed by atoms with Gasteiger partial charge in [-0.3, -0.25) is 4.98 Å². The van der Waals surface area contributed by atoms with Gasteiger partial charge >= 0.3 is 0 Å². The number of ether oxygens (including phenoxy) is 1. The van der Waals surface area contributed by atoms with E-state index in [1.54, 1.807) is 19.5 Å². The van der Waals surface area contributed by atoms with Gasteiger partial charge in [0, 0.05) is 25.2 Å². The second-order valence-electron chi connectivity index (χ2n) is 4.57.